The normalized spacial score (nSPS) is 17.3. The SMILES string of the molecule is O=C(NC1CC1)c1ccc(CN(Cc2nc(C(F)(F)F)cs2)C2CC2)cc1. The highest BCUT2D eigenvalue weighted by atomic mass is 32.1. The molecule has 2 aliphatic rings. The van der Waals surface area contributed by atoms with E-state index >= 15 is 0 Å². The van der Waals surface area contributed by atoms with Gasteiger partial charge in [-0.05, 0) is 43.4 Å². The van der Waals surface area contributed by atoms with Crippen molar-refractivity contribution in [1.29, 1.82) is 0 Å². The van der Waals surface area contributed by atoms with Crippen molar-refractivity contribution in [3.63, 3.8) is 0 Å². The van der Waals surface area contributed by atoms with E-state index in [1.807, 2.05) is 24.3 Å². The van der Waals surface area contributed by atoms with E-state index < -0.39 is 11.9 Å². The number of carbonyl (C=O) groups excluding carboxylic acids is 1. The Morgan fingerprint density at radius 1 is 1.15 bits per heavy atom. The highest BCUT2D eigenvalue weighted by Gasteiger charge is 2.35. The average Bonchev–Trinajstić information content (AvgIpc) is 3.54. The molecule has 0 aliphatic heterocycles. The summed E-state index contributed by atoms with van der Waals surface area (Å²) in [6.07, 6.45) is -0.186. The molecular weight excluding hydrogens is 375 g/mol. The molecule has 0 unspecified atom stereocenters. The van der Waals surface area contributed by atoms with Crippen molar-refractivity contribution in [3.8, 4) is 0 Å². The second kappa shape index (κ2) is 7.24. The van der Waals surface area contributed by atoms with E-state index in [-0.39, 0.29) is 5.91 Å². The van der Waals surface area contributed by atoms with Gasteiger partial charge >= 0.3 is 6.18 Å². The third-order valence-electron chi connectivity index (χ3n) is 4.76. The number of rotatable bonds is 7. The van der Waals surface area contributed by atoms with Crippen LogP contribution in [0.1, 0.15) is 52.3 Å². The van der Waals surface area contributed by atoms with E-state index in [4.69, 9.17) is 0 Å². The summed E-state index contributed by atoms with van der Waals surface area (Å²) in [5.41, 5.74) is 0.861. The lowest BCUT2D eigenvalue weighted by atomic mass is 10.1. The summed E-state index contributed by atoms with van der Waals surface area (Å²) in [7, 11) is 0. The Morgan fingerprint density at radius 2 is 1.85 bits per heavy atom. The molecule has 1 N–H and O–H groups in total. The van der Waals surface area contributed by atoms with Gasteiger partial charge in [-0.3, -0.25) is 9.69 Å². The minimum absolute atomic E-state index is 0.0504. The largest absolute Gasteiger partial charge is 0.434 e. The zero-order chi connectivity index (χ0) is 19.0. The Balaban J connectivity index is 1.39. The highest BCUT2D eigenvalue weighted by molar-refractivity contribution is 7.09. The topological polar surface area (TPSA) is 45.2 Å². The molecule has 0 saturated heterocycles. The number of nitrogens with one attached hydrogen (secondary N) is 1. The lowest BCUT2D eigenvalue weighted by Crippen LogP contribution is -2.26. The van der Waals surface area contributed by atoms with Crippen LogP contribution in [0.4, 0.5) is 13.2 Å². The molecule has 1 aromatic heterocycles. The Hall–Kier alpha value is -1.93. The van der Waals surface area contributed by atoms with Crippen LogP contribution >= 0.6 is 11.3 Å². The molecule has 0 radical (unpaired) electrons. The maximum Gasteiger partial charge on any atom is 0.434 e. The molecule has 0 spiro atoms. The first-order valence-corrected chi connectivity index (χ1v) is 9.92. The number of hydrogen-bond acceptors (Lipinski definition) is 4. The lowest BCUT2D eigenvalue weighted by molar-refractivity contribution is -0.140. The van der Waals surface area contributed by atoms with E-state index in [1.165, 1.54) is 0 Å². The Labute approximate surface area is 159 Å². The minimum atomic E-state index is -4.39. The van der Waals surface area contributed by atoms with Crippen molar-refractivity contribution in [3.05, 3.63) is 51.5 Å². The summed E-state index contributed by atoms with van der Waals surface area (Å²) < 4.78 is 38.2. The van der Waals surface area contributed by atoms with Crippen LogP contribution in [-0.2, 0) is 19.3 Å². The summed E-state index contributed by atoms with van der Waals surface area (Å²) >= 11 is 1.05. The van der Waals surface area contributed by atoms with Crippen LogP contribution in [0, 0.1) is 0 Å². The van der Waals surface area contributed by atoms with Crippen LogP contribution in [-0.4, -0.2) is 27.9 Å². The molecule has 4 rings (SSSR count). The second-order valence-electron chi connectivity index (χ2n) is 7.21. The number of thiazole rings is 1. The summed E-state index contributed by atoms with van der Waals surface area (Å²) in [5, 5.41) is 4.52. The van der Waals surface area contributed by atoms with Gasteiger partial charge in [-0.15, -0.1) is 11.3 Å². The maximum absolute atomic E-state index is 12.7. The molecule has 1 heterocycles. The minimum Gasteiger partial charge on any atom is -0.349 e. The van der Waals surface area contributed by atoms with Gasteiger partial charge < -0.3 is 5.32 Å². The molecule has 8 heteroatoms. The van der Waals surface area contributed by atoms with Crippen molar-refractivity contribution in [2.24, 2.45) is 0 Å². The number of nitrogens with zero attached hydrogens (tertiary/aromatic N) is 2. The lowest BCUT2D eigenvalue weighted by Gasteiger charge is -2.21. The molecule has 144 valence electrons. The van der Waals surface area contributed by atoms with Crippen molar-refractivity contribution >= 4 is 17.2 Å². The summed E-state index contributed by atoms with van der Waals surface area (Å²) in [4.78, 5) is 18.0. The number of amides is 1. The van der Waals surface area contributed by atoms with Gasteiger partial charge in [0, 0.05) is 29.6 Å². The summed E-state index contributed by atoms with van der Waals surface area (Å²) in [6.45, 7) is 1.05. The van der Waals surface area contributed by atoms with Gasteiger partial charge in [-0.2, -0.15) is 13.2 Å². The van der Waals surface area contributed by atoms with E-state index in [0.29, 0.717) is 35.7 Å². The maximum atomic E-state index is 12.7. The molecule has 2 fully saturated rings. The second-order valence-corrected chi connectivity index (χ2v) is 8.15. The fourth-order valence-corrected chi connectivity index (χ4v) is 3.76. The number of hydrogen-bond donors (Lipinski definition) is 1. The summed E-state index contributed by atoms with van der Waals surface area (Å²) in [5.74, 6) is -0.0504. The third-order valence-corrected chi connectivity index (χ3v) is 5.59. The molecule has 27 heavy (non-hydrogen) atoms. The molecular formula is C19H20F3N3OS. The molecule has 0 atom stereocenters. The standard InChI is InChI=1S/C19H20F3N3OS/c20-19(21,22)16-11-27-17(24-16)10-25(15-7-8-15)9-12-1-3-13(4-2-12)18(26)23-14-5-6-14/h1-4,11,14-15H,5-10H2,(H,23,26). The van der Waals surface area contributed by atoms with E-state index in [2.05, 4.69) is 15.2 Å². The zero-order valence-corrected chi connectivity index (χ0v) is 15.4. The molecule has 2 aromatic rings. The van der Waals surface area contributed by atoms with Gasteiger partial charge in [0.15, 0.2) is 5.69 Å². The monoisotopic (exact) mass is 395 g/mol. The first-order valence-electron chi connectivity index (χ1n) is 9.04. The van der Waals surface area contributed by atoms with E-state index in [1.54, 1.807) is 0 Å². The summed E-state index contributed by atoms with van der Waals surface area (Å²) in [6, 6.07) is 8.16. The highest BCUT2D eigenvalue weighted by Crippen LogP contribution is 2.33. The van der Waals surface area contributed by atoms with E-state index in [0.717, 1.165) is 48.0 Å². The van der Waals surface area contributed by atoms with Crippen LogP contribution in [0.5, 0.6) is 0 Å². The Morgan fingerprint density at radius 3 is 2.41 bits per heavy atom. The average molecular weight is 395 g/mol. The van der Waals surface area contributed by atoms with Crippen LogP contribution in [0.3, 0.4) is 0 Å². The van der Waals surface area contributed by atoms with Crippen LogP contribution in [0.15, 0.2) is 29.6 Å². The van der Waals surface area contributed by atoms with Gasteiger partial charge in [0.1, 0.15) is 5.01 Å². The quantitative estimate of drug-likeness (QED) is 0.764. The predicted molar refractivity (Wildman–Crippen MR) is 96.3 cm³/mol. The fraction of sp³-hybridized carbons (Fsp3) is 0.474. The van der Waals surface area contributed by atoms with Crippen LogP contribution in [0.25, 0.3) is 0 Å². The van der Waals surface area contributed by atoms with Crippen molar-refractivity contribution in [1.82, 2.24) is 15.2 Å². The number of aromatic nitrogens is 1. The number of halogens is 3. The first-order chi connectivity index (χ1) is 12.9. The van der Waals surface area contributed by atoms with Crippen LogP contribution < -0.4 is 5.32 Å². The van der Waals surface area contributed by atoms with Gasteiger partial charge in [-0.25, -0.2) is 4.98 Å². The molecule has 2 aliphatic carbocycles. The Bertz CT molecular complexity index is 810. The zero-order valence-electron chi connectivity index (χ0n) is 14.6. The molecule has 0 bridgehead atoms. The van der Waals surface area contributed by atoms with Gasteiger partial charge in [0.05, 0.1) is 6.54 Å². The van der Waals surface area contributed by atoms with Gasteiger partial charge in [0.25, 0.3) is 5.91 Å². The van der Waals surface area contributed by atoms with Gasteiger partial charge in [-0.1, -0.05) is 12.1 Å². The van der Waals surface area contributed by atoms with Crippen LogP contribution in [0.2, 0.25) is 0 Å². The number of alkyl halides is 3. The fourth-order valence-electron chi connectivity index (χ4n) is 2.93. The van der Waals surface area contributed by atoms with Crippen molar-refractivity contribution < 1.29 is 18.0 Å². The smallest absolute Gasteiger partial charge is 0.349 e. The Kier molecular flexibility index (Phi) is 4.94. The van der Waals surface area contributed by atoms with Crippen molar-refractivity contribution in [2.45, 2.75) is 57.0 Å². The number of carbonyl (C=O) groups is 1. The predicted octanol–water partition coefficient (Wildman–Crippen LogP) is 4.22. The van der Waals surface area contributed by atoms with Gasteiger partial charge in [0.2, 0.25) is 0 Å². The number of benzene rings is 1. The van der Waals surface area contributed by atoms with E-state index in [9.17, 15) is 18.0 Å². The third kappa shape index (κ3) is 4.87. The molecule has 2 saturated carbocycles. The molecule has 1 aromatic carbocycles. The molecule has 1 amide bonds. The van der Waals surface area contributed by atoms with Crippen molar-refractivity contribution in [2.75, 3.05) is 0 Å². The molecule has 4 nitrogen and oxygen atoms in total. The first kappa shape index (κ1) is 18.4.